The van der Waals surface area contributed by atoms with Crippen LogP contribution < -0.4 is 15.4 Å². The van der Waals surface area contributed by atoms with Crippen molar-refractivity contribution < 1.29 is 22.0 Å². The van der Waals surface area contributed by atoms with E-state index >= 15 is 0 Å². The first-order valence-corrected chi connectivity index (χ1v) is 12.3. The zero-order valence-corrected chi connectivity index (χ0v) is 18.7. The summed E-state index contributed by atoms with van der Waals surface area (Å²) in [5, 5.41) is 5.73. The molecule has 0 spiro atoms. The van der Waals surface area contributed by atoms with Gasteiger partial charge < -0.3 is 15.6 Å². The number of pyridine rings is 1. The summed E-state index contributed by atoms with van der Waals surface area (Å²) in [5.74, 6) is -2.71. The Morgan fingerprint density at radius 1 is 1.30 bits per heavy atom. The molecule has 3 heterocycles. The number of fused-ring (bicyclic) bond motifs is 1. The number of halogens is 2. The minimum absolute atomic E-state index is 0.197. The van der Waals surface area contributed by atoms with Crippen LogP contribution in [0.25, 0.3) is 11.2 Å². The van der Waals surface area contributed by atoms with Crippen LogP contribution in [-0.4, -0.2) is 48.1 Å². The Hall–Kier alpha value is -3.12. The van der Waals surface area contributed by atoms with Crippen LogP contribution >= 0.6 is 0 Å². The van der Waals surface area contributed by atoms with Gasteiger partial charge in [0.15, 0.2) is 11.5 Å². The van der Waals surface area contributed by atoms with E-state index in [-0.39, 0.29) is 17.4 Å². The highest BCUT2D eigenvalue weighted by atomic mass is 32.2. The molecule has 0 radical (unpaired) electrons. The highest BCUT2D eigenvalue weighted by molar-refractivity contribution is 7.92. The zero-order valence-electron chi connectivity index (χ0n) is 17.9. The van der Waals surface area contributed by atoms with Crippen LogP contribution in [0.5, 0.6) is 0 Å². The number of imidazole rings is 1. The fourth-order valence-corrected chi connectivity index (χ4v) is 4.91. The second-order valence-corrected chi connectivity index (χ2v) is 9.76. The van der Waals surface area contributed by atoms with Gasteiger partial charge in [0.25, 0.3) is 5.91 Å². The third-order valence-electron chi connectivity index (χ3n) is 5.35. The number of aromatic nitrogens is 3. The molecule has 3 aromatic rings. The second kappa shape index (κ2) is 9.40. The number of rotatable bonds is 7. The largest absolute Gasteiger partial charge is 0.326 e. The maximum atomic E-state index is 14.9. The molecule has 2 aromatic heterocycles. The molecule has 176 valence electrons. The lowest BCUT2D eigenvalue weighted by Gasteiger charge is -2.20. The molecule has 1 aliphatic rings. The molecule has 1 aromatic carbocycles. The van der Waals surface area contributed by atoms with E-state index in [0.29, 0.717) is 17.6 Å². The Bertz CT molecular complexity index is 1290. The molecule has 1 saturated heterocycles. The maximum Gasteiger partial charge on any atom is 0.261 e. The van der Waals surface area contributed by atoms with E-state index in [2.05, 4.69) is 30.3 Å². The van der Waals surface area contributed by atoms with E-state index in [0.717, 1.165) is 43.9 Å². The number of hydrogen-bond donors (Lipinski definition) is 4. The van der Waals surface area contributed by atoms with Gasteiger partial charge in [-0.2, -0.15) is 0 Å². The van der Waals surface area contributed by atoms with E-state index < -0.39 is 38.8 Å². The smallest absolute Gasteiger partial charge is 0.261 e. The number of nitrogens with zero attached hydrogens (tertiary/aromatic N) is 2. The lowest BCUT2D eigenvalue weighted by Crippen LogP contribution is -2.28. The van der Waals surface area contributed by atoms with Crippen LogP contribution in [0.3, 0.4) is 0 Å². The van der Waals surface area contributed by atoms with E-state index in [9.17, 15) is 22.0 Å². The molecule has 1 atom stereocenters. The number of hydrogen-bond acceptors (Lipinski definition) is 6. The number of amides is 1. The summed E-state index contributed by atoms with van der Waals surface area (Å²) < 4.78 is 55.1. The predicted octanol–water partition coefficient (Wildman–Crippen LogP) is 3.11. The standard InChI is InChI=1S/C21H24F2N6O3S/c1-2-8-33(31,32)29-15-6-5-14(22)17(18(15)23)21(30)26-13-9-16-20(25-11-13)28-19(27-16)12-4-3-7-24-10-12/h5-6,9,11-12,24,29H,2-4,7-8,10H2,1H3,(H,26,30)(H,25,27,28). The fourth-order valence-electron chi connectivity index (χ4n) is 3.78. The summed E-state index contributed by atoms with van der Waals surface area (Å²) in [6.07, 6.45) is 3.70. The first kappa shape index (κ1) is 23.1. The summed E-state index contributed by atoms with van der Waals surface area (Å²) in [6, 6.07) is 3.33. The van der Waals surface area contributed by atoms with Gasteiger partial charge >= 0.3 is 0 Å². The topological polar surface area (TPSA) is 129 Å². The van der Waals surface area contributed by atoms with Gasteiger partial charge in [-0.25, -0.2) is 27.2 Å². The van der Waals surface area contributed by atoms with Gasteiger partial charge in [-0.05, 0) is 44.0 Å². The van der Waals surface area contributed by atoms with E-state index in [1.165, 1.54) is 6.20 Å². The molecule has 33 heavy (non-hydrogen) atoms. The molecule has 12 heteroatoms. The lowest BCUT2D eigenvalue weighted by molar-refractivity contribution is 0.101. The average Bonchev–Trinajstić information content (AvgIpc) is 3.20. The number of anilines is 2. The molecule has 4 N–H and O–H groups in total. The predicted molar refractivity (Wildman–Crippen MR) is 121 cm³/mol. The Morgan fingerprint density at radius 2 is 2.12 bits per heavy atom. The Labute approximate surface area is 189 Å². The Morgan fingerprint density at radius 3 is 2.85 bits per heavy atom. The molecular formula is C21H24F2N6O3S. The van der Waals surface area contributed by atoms with Crippen molar-refractivity contribution in [2.75, 3.05) is 28.9 Å². The Kier molecular flexibility index (Phi) is 6.56. The molecule has 4 rings (SSSR count). The van der Waals surface area contributed by atoms with Crippen molar-refractivity contribution >= 4 is 38.5 Å². The van der Waals surface area contributed by atoms with Gasteiger partial charge in [0, 0.05) is 12.5 Å². The number of sulfonamides is 1. The summed E-state index contributed by atoms with van der Waals surface area (Å²) in [4.78, 5) is 24.6. The average molecular weight is 479 g/mol. The molecule has 1 aliphatic heterocycles. The first-order chi connectivity index (χ1) is 15.8. The first-order valence-electron chi connectivity index (χ1n) is 10.6. The van der Waals surface area contributed by atoms with E-state index in [1.54, 1.807) is 13.0 Å². The number of aromatic amines is 1. The van der Waals surface area contributed by atoms with Crippen LogP contribution in [0.2, 0.25) is 0 Å². The zero-order chi connectivity index (χ0) is 23.6. The van der Waals surface area contributed by atoms with E-state index in [1.807, 2.05) is 0 Å². The molecule has 9 nitrogen and oxygen atoms in total. The second-order valence-electron chi connectivity index (χ2n) is 7.92. The van der Waals surface area contributed by atoms with Crippen LogP contribution in [0, 0.1) is 11.6 Å². The third-order valence-corrected chi connectivity index (χ3v) is 6.83. The number of carbonyl (C=O) groups is 1. The monoisotopic (exact) mass is 478 g/mol. The van der Waals surface area contributed by atoms with Crippen molar-refractivity contribution in [3.05, 3.63) is 47.4 Å². The molecule has 0 saturated carbocycles. The molecule has 0 aliphatic carbocycles. The van der Waals surface area contributed by atoms with Gasteiger partial charge in [0.2, 0.25) is 10.0 Å². The van der Waals surface area contributed by atoms with Crippen LogP contribution in [0.1, 0.15) is 48.3 Å². The van der Waals surface area contributed by atoms with Crippen molar-refractivity contribution in [3.63, 3.8) is 0 Å². The fraction of sp³-hybridized carbons (Fsp3) is 0.381. The summed E-state index contributed by atoms with van der Waals surface area (Å²) in [6.45, 7) is 3.43. The maximum absolute atomic E-state index is 14.9. The minimum Gasteiger partial charge on any atom is -0.326 e. The van der Waals surface area contributed by atoms with Gasteiger partial charge in [-0.3, -0.25) is 9.52 Å². The van der Waals surface area contributed by atoms with Gasteiger partial charge in [0.05, 0.1) is 23.3 Å². The van der Waals surface area contributed by atoms with Crippen molar-refractivity contribution in [2.24, 2.45) is 0 Å². The summed E-state index contributed by atoms with van der Waals surface area (Å²) >= 11 is 0. The quantitative estimate of drug-likeness (QED) is 0.413. The number of benzene rings is 1. The highest BCUT2D eigenvalue weighted by Gasteiger charge is 2.24. The van der Waals surface area contributed by atoms with Crippen molar-refractivity contribution in [3.8, 4) is 0 Å². The minimum atomic E-state index is -3.82. The third kappa shape index (κ3) is 5.11. The van der Waals surface area contributed by atoms with E-state index in [4.69, 9.17) is 0 Å². The summed E-state index contributed by atoms with van der Waals surface area (Å²) in [7, 11) is -3.82. The van der Waals surface area contributed by atoms with Gasteiger partial charge in [0.1, 0.15) is 22.7 Å². The molecule has 0 bridgehead atoms. The van der Waals surface area contributed by atoms with Crippen molar-refractivity contribution in [1.82, 2.24) is 20.3 Å². The number of piperidine rings is 1. The molecular weight excluding hydrogens is 454 g/mol. The number of nitrogens with one attached hydrogen (secondary N) is 4. The van der Waals surface area contributed by atoms with Crippen LogP contribution in [-0.2, 0) is 10.0 Å². The molecule has 1 unspecified atom stereocenters. The number of H-pyrrole nitrogens is 1. The van der Waals surface area contributed by atoms with Crippen LogP contribution in [0.4, 0.5) is 20.2 Å². The molecule has 1 amide bonds. The number of carbonyl (C=O) groups excluding carboxylic acids is 1. The van der Waals surface area contributed by atoms with Crippen LogP contribution in [0.15, 0.2) is 24.4 Å². The highest BCUT2D eigenvalue weighted by Crippen LogP contribution is 2.26. The normalized spacial score (nSPS) is 16.6. The Balaban J connectivity index is 1.56. The van der Waals surface area contributed by atoms with Crippen molar-refractivity contribution in [1.29, 1.82) is 0 Å². The van der Waals surface area contributed by atoms with Gasteiger partial charge in [-0.1, -0.05) is 6.92 Å². The molecule has 1 fully saturated rings. The SMILES string of the molecule is CCCS(=O)(=O)Nc1ccc(F)c(C(=O)Nc2cnc3[nH]c(C4CCCNC4)nc3c2)c1F. The lowest BCUT2D eigenvalue weighted by atomic mass is 9.99. The van der Waals surface area contributed by atoms with Crippen molar-refractivity contribution in [2.45, 2.75) is 32.1 Å². The van der Waals surface area contributed by atoms with Gasteiger partial charge in [-0.15, -0.1) is 0 Å². The summed E-state index contributed by atoms with van der Waals surface area (Å²) in [5.41, 5.74) is -0.152.